The van der Waals surface area contributed by atoms with Crippen molar-refractivity contribution >= 4 is 20.2 Å². The van der Waals surface area contributed by atoms with Gasteiger partial charge in [0.1, 0.15) is 0 Å². The molecule has 2 bridgehead atoms. The molecule has 6 atom stereocenters. The Morgan fingerprint density at radius 3 is 1.50 bits per heavy atom. The van der Waals surface area contributed by atoms with Gasteiger partial charge in [-0.1, -0.05) is 36.5 Å². The molecule has 0 aromatic rings. The maximum absolute atomic E-state index is 11.6. The van der Waals surface area contributed by atoms with Gasteiger partial charge in [-0.3, -0.25) is 8.37 Å². The molecule has 5 rings (SSSR count). The lowest BCUT2D eigenvalue weighted by Gasteiger charge is -2.70. The van der Waals surface area contributed by atoms with Gasteiger partial charge in [-0.15, -0.1) is 0 Å². The van der Waals surface area contributed by atoms with Crippen molar-refractivity contribution in [3.05, 3.63) is 36.5 Å². The van der Waals surface area contributed by atoms with Crippen LogP contribution in [0.2, 0.25) is 0 Å². The van der Waals surface area contributed by atoms with Crippen molar-refractivity contribution in [1.82, 2.24) is 0 Å². The Labute approximate surface area is 155 Å². The van der Waals surface area contributed by atoms with E-state index >= 15 is 0 Å². The summed E-state index contributed by atoms with van der Waals surface area (Å²) in [4.78, 5) is 0. The highest BCUT2D eigenvalue weighted by Crippen LogP contribution is 2.74. The van der Waals surface area contributed by atoms with Crippen molar-refractivity contribution in [2.45, 2.75) is 12.8 Å². The molecule has 26 heavy (non-hydrogen) atoms. The minimum atomic E-state index is -3.57. The SMILES string of the molecule is CS(=O)(=O)OC[C@@H]1[C@H](COS(C)(=O)=O)[C@H]2C=C[C@H]1[C@]13C=C[C@]21CC=CC3. The fourth-order valence-electron chi connectivity index (χ4n) is 5.72. The van der Waals surface area contributed by atoms with E-state index in [9.17, 15) is 16.8 Å². The average molecular weight is 401 g/mol. The summed E-state index contributed by atoms with van der Waals surface area (Å²) in [5, 5.41) is 0. The summed E-state index contributed by atoms with van der Waals surface area (Å²) in [7, 11) is -7.14. The van der Waals surface area contributed by atoms with Gasteiger partial charge in [0.05, 0.1) is 25.7 Å². The molecule has 1 fully saturated rings. The topological polar surface area (TPSA) is 86.7 Å². The van der Waals surface area contributed by atoms with Gasteiger partial charge in [0.2, 0.25) is 0 Å². The van der Waals surface area contributed by atoms with Crippen LogP contribution in [0.15, 0.2) is 36.5 Å². The fraction of sp³-hybridized carbons (Fsp3) is 0.667. The minimum absolute atomic E-state index is 0.0196. The third-order valence-electron chi connectivity index (χ3n) is 6.76. The van der Waals surface area contributed by atoms with Gasteiger partial charge >= 0.3 is 0 Å². The molecule has 0 saturated heterocycles. The van der Waals surface area contributed by atoms with Crippen LogP contribution in [0, 0.1) is 34.5 Å². The lowest BCUT2D eigenvalue weighted by atomic mass is 9.33. The van der Waals surface area contributed by atoms with E-state index in [4.69, 9.17) is 8.37 Å². The van der Waals surface area contributed by atoms with Crippen molar-refractivity contribution in [2.24, 2.45) is 34.5 Å². The van der Waals surface area contributed by atoms with E-state index in [0.29, 0.717) is 0 Å². The van der Waals surface area contributed by atoms with Gasteiger partial charge in [0, 0.05) is 10.8 Å². The van der Waals surface area contributed by atoms with E-state index in [1.165, 1.54) is 0 Å². The maximum atomic E-state index is 11.6. The first-order valence-electron chi connectivity index (χ1n) is 8.81. The van der Waals surface area contributed by atoms with Crippen LogP contribution < -0.4 is 0 Å². The molecule has 0 aromatic carbocycles. The Morgan fingerprint density at radius 1 is 0.808 bits per heavy atom. The highest BCUT2D eigenvalue weighted by Gasteiger charge is 2.69. The van der Waals surface area contributed by atoms with Crippen molar-refractivity contribution in [1.29, 1.82) is 0 Å². The van der Waals surface area contributed by atoms with Gasteiger partial charge in [-0.25, -0.2) is 0 Å². The Morgan fingerprint density at radius 2 is 1.19 bits per heavy atom. The summed E-state index contributed by atoms with van der Waals surface area (Å²) < 4.78 is 56.5. The maximum Gasteiger partial charge on any atom is 0.264 e. The molecule has 8 heteroatoms. The van der Waals surface area contributed by atoms with E-state index in [2.05, 4.69) is 36.5 Å². The second kappa shape index (κ2) is 5.77. The number of hydrogen-bond donors (Lipinski definition) is 0. The molecule has 5 aliphatic rings. The largest absolute Gasteiger partial charge is 0.270 e. The molecule has 0 heterocycles. The van der Waals surface area contributed by atoms with Crippen molar-refractivity contribution in [3.8, 4) is 0 Å². The van der Waals surface area contributed by atoms with E-state index < -0.39 is 20.2 Å². The van der Waals surface area contributed by atoms with Crippen molar-refractivity contribution in [2.75, 3.05) is 25.7 Å². The zero-order valence-electron chi connectivity index (χ0n) is 14.9. The summed E-state index contributed by atoms with van der Waals surface area (Å²) in [5.74, 6) is 0.00632. The average Bonchev–Trinajstić information content (AvgIpc) is 2.51. The van der Waals surface area contributed by atoms with Crippen LogP contribution in [0.3, 0.4) is 0 Å². The van der Waals surface area contributed by atoms with Crippen LogP contribution in [0.4, 0.5) is 0 Å². The Bertz CT molecular complexity index is 828. The highest BCUT2D eigenvalue weighted by molar-refractivity contribution is 7.86. The molecule has 0 radical (unpaired) electrons. The fourth-order valence-corrected chi connectivity index (χ4v) is 6.53. The van der Waals surface area contributed by atoms with Gasteiger partial charge < -0.3 is 0 Å². The molecule has 0 N–H and O–H groups in total. The Kier molecular flexibility index (Phi) is 4.08. The van der Waals surface area contributed by atoms with E-state index in [-0.39, 0.29) is 47.7 Å². The standard InChI is InChI=1S/C18H24O6S2/c1-25(19,20)23-11-13-14(12-24-26(2,21)22)16-6-5-15(13)17-7-3-4-8-18(16,17)10-9-17/h3-6,9-10,13-16H,7-8,11-12H2,1-2H3/t13-,14+,15-,16-,17+,18-/m1/s1. The third-order valence-corrected chi connectivity index (χ3v) is 7.89. The summed E-state index contributed by atoms with van der Waals surface area (Å²) in [6, 6.07) is 0. The monoisotopic (exact) mass is 400 g/mol. The second-order valence-corrected chi connectivity index (χ2v) is 11.3. The molecular formula is C18H24O6S2. The van der Waals surface area contributed by atoms with E-state index in [1.54, 1.807) is 0 Å². The molecule has 0 spiro atoms. The highest BCUT2D eigenvalue weighted by atomic mass is 32.2. The summed E-state index contributed by atoms with van der Waals surface area (Å²) >= 11 is 0. The second-order valence-electron chi connectivity index (χ2n) is 8.04. The lowest BCUT2D eigenvalue weighted by molar-refractivity contribution is -0.130. The number of fused-ring (bicyclic) bond motifs is 1. The van der Waals surface area contributed by atoms with Crippen LogP contribution in [-0.2, 0) is 28.6 Å². The van der Waals surface area contributed by atoms with Gasteiger partial charge in [-0.2, -0.15) is 16.8 Å². The molecule has 0 unspecified atom stereocenters. The molecule has 5 aliphatic carbocycles. The first-order chi connectivity index (χ1) is 12.1. The van der Waals surface area contributed by atoms with E-state index in [0.717, 1.165) is 25.4 Å². The molecule has 144 valence electrons. The van der Waals surface area contributed by atoms with Crippen molar-refractivity contribution < 1.29 is 25.2 Å². The molecule has 1 saturated carbocycles. The predicted molar refractivity (Wildman–Crippen MR) is 97.1 cm³/mol. The lowest BCUT2D eigenvalue weighted by Crippen LogP contribution is -2.66. The third kappa shape index (κ3) is 2.65. The van der Waals surface area contributed by atoms with Crippen molar-refractivity contribution in [3.63, 3.8) is 0 Å². The van der Waals surface area contributed by atoms with E-state index in [1.807, 2.05) is 0 Å². The van der Waals surface area contributed by atoms with Gasteiger partial charge in [-0.05, 0) is 36.5 Å². The van der Waals surface area contributed by atoms with Crippen LogP contribution in [0.1, 0.15) is 12.8 Å². The molecular weight excluding hydrogens is 376 g/mol. The Hall–Kier alpha value is -0.960. The summed E-state index contributed by atoms with van der Waals surface area (Å²) in [6.45, 7) is 0.106. The number of hydrogen-bond acceptors (Lipinski definition) is 6. The van der Waals surface area contributed by atoms with Crippen LogP contribution in [0.5, 0.6) is 0 Å². The normalized spacial score (nSPS) is 43.0. The summed E-state index contributed by atoms with van der Waals surface area (Å²) in [6.07, 6.45) is 17.2. The van der Waals surface area contributed by atoms with Crippen LogP contribution >= 0.6 is 0 Å². The first kappa shape index (κ1) is 18.4. The first-order valence-corrected chi connectivity index (χ1v) is 12.4. The minimum Gasteiger partial charge on any atom is -0.270 e. The van der Waals surface area contributed by atoms with Crippen LogP contribution in [-0.4, -0.2) is 42.6 Å². The Balaban J connectivity index is 1.70. The number of allylic oxidation sites excluding steroid dienone is 6. The molecule has 6 nitrogen and oxygen atoms in total. The quantitative estimate of drug-likeness (QED) is 0.500. The zero-order valence-corrected chi connectivity index (χ0v) is 16.5. The van der Waals surface area contributed by atoms with Crippen LogP contribution in [0.25, 0.3) is 0 Å². The van der Waals surface area contributed by atoms with Gasteiger partial charge in [0.25, 0.3) is 20.2 Å². The van der Waals surface area contributed by atoms with Gasteiger partial charge in [0.15, 0.2) is 0 Å². The molecule has 0 aromatic heterocycles. The summed E-state index contributed by atoms with van der Waals surface area (Å²) in [5.41, 5.74) is -0.0391. The smallest absolute Gasteiger partial charge is 0.264 e. The molecule has 0 amide bonds. The zero-order chi connectivity index (χ0) is 18.8. The molecule has 0 aliphatic heterocycles. The predicted octanol–water partition coefficient (Wildman–Crippen LogP) is 1.88. The number of rotatable bonds is 6.